The molecule has 0 bridgehead atoms. The van der Waals surface area contributed by atoms with Crippen molar-refractivity contribution in [2.75, 3.05) is 18.5 Å². The van der Waals surface area contributed by atoms with Crippen molar-refractivity contribution in [1.29, 1.82) is 0 Å². The highest BCUT2D eigenvalue weighted by Crippen LogP contribution is 2.32. The monoisotopic (exact) mass is 387 g/mol. The number of carbonyl (C=O) groups excluding carboxylic acids is 1. The summed E-state index contributed by atoms with van der Waals surface area (Å²) >= 11 is 0. The molecular formula is C21H33N5O2. The summed E-state index contributed by atoms with van der Waals surface area (Å²) in [6.07, 6.45) is 11.3. The van der Waals surface area contributed by atoms with Gasteiger partial charge in [-0.15, -0.1) is 0 Å². The molecule has 154 valence electrons. The molecule has 1 aliphatic rings. The number of aliphatic hydroxyl groups excluding tert-OH is 1. The van der Waals surface area contributed by atoms with Gasteiger partial charge in [0.05, 0.1) is 22.8 Å². The zero-order valence-corrected chi connectivity index (χ0v) is 17.1. The number of pyridine rings is 1. The van der Waals surface area contributed by atoms with Gasteiger partial charge in [0.1, 0.15) is 0 Å². The number of amides is 1. The van der Waals surface area contributed by atoms with Crippen molar-refractivity contribution >= 4 is 22.6 Å². The van der Waals surface area contributed by atoms with Gasteiger partial charge in [-0.05, 0) is 45.4 Å². The molecule has 0 unspecified atom stereocenters. The van der Waals surface area contributed by atoms with Gasteiger partial charge in [-0.1, -0.05) is 19.3 Å². The van der Waals surface area contributed by atoms with E-state index in [2.05, 4.69) is 27.6 Å². The molecule has 2 aromatic heterocycles. The van der Waals surface area contributed by atoms with Crippen LogP contribution >= 0.6 is 0 Å². The van der Waals surface area contributed by atoms with E-state index in [9.17, 15) is 4.79 Å². The number of aryl methyl sites for hydroxylation is 1. The zero-order chi connectivity index (χ0) is 19.9. The molecule has 7 heteroatoms. The SMILES string of the molecule is CCn1ncc2c(N[C@H](C)C3CCCCC3)c(C(=O)NCCCCO)cnc21. The van der Waals surface area contributed by atoms with Crippen LogP contribution in [-0.4, -0.2) is 45.0 Å². The van der Waals surface area contributed by atoms with Crippen molar-refractivity contribution < 1.29 is 9.90 Å². The lowest BCUT2D eigenvalue weighted by atomic mass is 9.84. The van der Waals surface area contributed by atoms with Crippen molar-refractivity contribution in [2.24, 2.45) is 5.92 Å². The van der Waals surface area contributed by atoms with E-state index in [1.54, 1.807) is 6.20 Å². The van der Waals surface area contributed by atoms with Crippen LogP contribution in [-0.2, 0) is 6.54 Å². The van der Waals surface area contributed by atoms with E-state index in [4.69, 9.17) is 5.11 Å². The fourth-order valence-corrected chi connectivity index (χ4v) is 4.10. The number of nitrogens with zero attached hydrogens (tertiary/aromatic N) is 3. The molecule has 28 heavy (non-hydrogen) atoms. The topological polar surface area (TPSA) is 92.1 Å². The predicted molar refractivity (Wildman–Crippen MR) is 112 cm³/mol. The van der Waals surface area contributed by atoms with Gasteiger partial charge in [0, 0.05) is 31.9 Å². The normalized spacial score (nSPS) is 16.2. The molecular weight excluding hydrogens is 354 g/mol. The molecule has 7 nitrogen and oxygen atoms in total. The standard InChI is InChI=1S/C21H33N5O2/c1-3-26-20-17(14-24-26)19(25-15(2)16-9-5-4-6-10-16)18(13-23-20)21(28)22-11-7-8-12-27/h13-16,27H,3-12H2,1-2H3,(H,22,28)(H,23,25)/t15-/m1/s1. The van der Waals surface area contributed by atoms with Gasteiger partial charge in [0.15, 0.2) is 5.65 Å². The quantitative estimate of drug-likeness (QED) is 0.574. The molecule has 3 rings (SSSR count). The first kappa shape index (κ1) is 20.6. The lowest BCUT2D eigenvalue weighted by molar-refractivity contribution is 0.0952. The lowest BCUT2D eigenvalue weighted by Gasteiger charge is -2.29. The van der Waals surface area contributed by atoms with E-state index in [-0.39, 0.29) is 18.6 Å². The molecule has 1 fully saturated rings. The van der Waals surface area contributed by atoms with Crippen LogP contribution in [0.1, 0.15) is 69.2 Å². The Balaban J connectivity index is 1.86. The van der Waals surface area contributed by atoms with Crippen LogP contribution in [0.4, 0.5) is 5.69 Å². The van der Waals surface area contributed by atoms with Crippen molar-refractivity contribution in [2.45, 2.75) is 71.4 Å². The molecule has 2 aromatic rings. The second-order valence-corrected chi connectivity index (χ2v) is 7.76. The predicted octanol–water partition coefficient (Wildman–Crippen LogP) is 3.33. The van der Waals surface area contributed by atoms with Gasteiger partial charge in [-0.3, -0.25) is 4.79 Å². The molecule has 3 N–H and O–H groups in total. The maximum atomic E-state index is 12.8. The van der Waals surface area contributed by atoms with E-state index in [1.807, 2.05) is 17.8 Å². The second-order valence-electron chi connectivity index (χ2n) is 7.76. The summed E-state index contributed by atoms with van der Waals surface area (Å²) in [5.74, 6) is 0.494. The number of hydrogen-bond donors (Lipinski definition) is 3. The summed E-state index contributed by atoms with van der Waals surface area (Å²) in [5.41, 5.74) is 2.20. The molecule has 0 radical (unpaired) electrons. The number of aromatic nitrogens is 3. The molecule has 0 saturated heterocycles. The number of aliphatic hydroxyl groups is 1. The van der Waals surface area contributed by atoms with Crippen LogP contribution in [0.25, 0.3) is 11.0 Å². The van der Waals surface area contributed by atoms with Crippen LogP contribution in [0, 0.1) is 5.92 Å². The summed E-state index contributed by atoms with van der Waals surface area (Å²) in [6.45, 7) is 5.68. The Morgan fingerprint density at radius 3 is 2.79 bits per heavy atom. The maximum Gasteiger partial charge on any atom is 0.254 e. The highest BCUT2D eigenvalue weighted by atomic mass is 16.3. The third-order valence-electron chi connectivity index (χ3n) is 5.81. The molecule has 1 saturated carbocycles. The first-order valence-corrected chi connectivity index (χ1v) is 10.7. The number of carbonyl (C=O) groups is 1. The molecule has 1 aliphatic carbocycles. The minimum absolute atomic E-state index is 0.130. The van der Waals surface area contributed by atoms with Gasteiger partial charge < -0.3 is 15.7 Å². The van der Waals surface area contributed by atoms with Crippen LogP contribution < -0.4 is 10.6 Å². The Bertz CT molecular complexity index is 782. The minimum atomic E-state index is -0.130. The van der Waals surface area contributed by atoms with Gasteiger partial charge in [0.2, 0.25) is 0 Å². The number of anilines is 1. The summed E-state index contributed by atoms with van der Waals surface area (Å²) in [7, 11) is 0. The molecule has 0 aromatic carbocycles. The van der Waals surface area contributed by atoms with Crippen molar-refractivity contribution in [3.05, 3.63) is 18.0 Å². The number of rotatable bonds is 9. The largest absolute Gasteiger partial charge is 0.396 e. The number of fused-ring (bicyclic) bond motifs is 1. The van der Waals surface area contributed by atoms with Gasteiger partial charge in [-0.25, -0.2) is 9.67 Å². The average molecular weight is 388 g/mol. The van der Waals surface area contributed by atoms with Gasteiger partial charge in [-0.2, -0.15) is 5.10 Å². The van der Waals surface area contributed by atoms with E-state index >= 15 is 0 Å². The zero-order valence-electron chi connectivity index (χ0n) is 17.1. The van der Waals surface area contributed by atoms with Gasteiger partial charge >= 0.3 is 0 Å². The summed E-state index contributed by atoms with van der Waals surface area (Å²) in [4.78, 5) is 17.3. The number of unbranched alkanes of at least 4 members (excludes halogenated alkanes) is 1. The van der Waals surface area contributed by atoms with Gasteiger partial charge in [0.25, 0.3) is 5.91 Å². The van der Waals surface area contributed by atoms with Crippen LogP contribution in [0.5, 0.6) is 0 Å². The Morgan fingerprint density at radius 2 is 2.07 bits per heavy atom. The second kappa shape index (κ2) is 9.87. The molecule has 1 atom stereocenters. The Morgan fingerprint density at radius 1 is 1.29 bits per heavy atom. The summed E-state index contributed by atoms with van der Waals surface area (Å²) in [6, 6.07) is 0.289. The molecule has 2 heterocycles. The molecule has 0 aliphatic heterocycles. The van der Waals surface area contributed by atoms with Crippen molar-refractivity contribution in [3.63, 3.8) is 0 Å². The molecule has 1 amide bonds. The average Bonchev–Trinajstić information content (AvgIpc) is 3.15. The first-order valence-electron chi connectivity index (χ1n) is 10.7. The van der Waals surface area contributed by atoms with E-state index < -0.39 is 0 Å². The smallest absolute Gasteiger partial charge is 0.254 e. The Kier molecular flexibility index (Phi) is 7.25. The minimum Gasteiger partial charge on any atom is -0.396 e. The third kappa shape index (κ3) is 4.63. The first-order chi connectivity index (χ1) is 13.7. The van der Waals surface area contributed by atoms with E-state index in [1.165, 1.54) is 32.1 Å². The number of nitrogens with one attached hydrogen (secondary N) is 2. The summed E-state index contributed by atoms with van der Waals surface area (Å²) < 4.78 is 1.86. The van der Waals surface area contributed by atoms with Crippen LogP contribution in [0.3, 0.4) is 0 Å². The Hall–Kier alpha value is -2.15. The highest BCUT2D eigenvalue weighted by molar-refractivity contribution is 6.06. The fourth-order valence-electron chi connectivity index (χ4n) is 4.10. The van der Waals surface area contributed by atoms with Crippen molar-refractivity contribution in [1.82, 2.24) is 20.1 Å². The Labute approximate surface area is 166 Å². The van der Waals surface area contributed by atoms with Crippen molar-refractivity contribution in [3.8, 4) is 0 Å². The van der Waals surface area contributed by atoms with Crippen LogP contribution in [0.15, 0.2) is 12.4 Å². The third-order valence-corrected chi connectivity index (χ3v) is 5.81. The molecule has 0 spiro atoms. The van der Waals surface area contributed by atoms with E-state index in [0.29, 0.717) is 24.4 Å². The highest BCUT2D eigenvalue weighted by Gasteiger charge is 2.24. The van der Waals surface area contributed by atoms with Crippen LogP contribution in [0.2, 0.25) is 0 Å². The maximum absolute atomic E-state index is 12.8. The lowest BCUT2D eigenvalue weighted by Crippen LogP contribution is -2.30. The fraction of sp³-hybridized carbons (Fsp3) is 0.667. The summed E-state index contributed by atoms with van der Waals surface area (Å²) in [5, 5.41) is 20.9. The van der Waals surface area contributed by atoms with E-state index in [0.717, 1.165) is 29.7 Å². The number of hydrogen-bond acceptors (Lipinski definition) is 5.